The normalized spacial score (nSPS) is 10.7. The summed E-state index contributed by atoms with van der Waals surface area (Å²) in [5, 5.41) is 0.810. The fraction of sp³-hybridized carbons (Fsp3) is 0.0667. The molecule has 0 bridgehead atoms. The molecule has 0 saturated carbocycles. The van der Waals surface area contributed by atoms with Gasteiger partial charge < -0.3 is 5.73 Å². The molecule has 0 unspecified atom stereocenters. The molecule has 1 aromatic carbocycles. The van der Waals surface area contributed by atoms with Crippen LogP contribution in [0.3, 0.4) is 0 Å². The second-order valence-corrected chi connectivity index (χ2v) is 5.30. The van der Waals surface area contributed by atoms with E-state index in [1.807, 2.05) is 24.3 Å². The van der Waals surface area contributed by atoms with Crippen LogP contribution < -0.4 is 5.73 Å². The van der Waals surface area contributed by atoms with Gasteiger partial charge in [-0.2, -0.15) is 0 Å². The Morgan fingerprint density at radius 2 is 2.05 bits per heavy atom. The molecule has 0 atom stereocenters. The van der Waals surface area contributed by atoms with E-state index >= 15 is 0 Å². The Bertz CT molecular complexity index is 725. The van der Waals surface area contributed by atoms with Crippen LogP contribution in [0.25, 0.3) is 21.8 Å². The van der Waals surface area contributed by atoms with Gasteiger partial charge in [-0.25, -0.2) is 9.37 Å². The molecule has 2 N–H and O–H groups in total. The van der Waals surface area contributed by atoms with Crippen LogP contribution >= 0.6 is 11.3 Å². The third-order valence-electron chi connectivity index (χ3n) is 2.84. The highest BCUT2D eigenvalue weighted by atomic mass is 32.1. The zero-order valence-corrected chi connectivity index (χ0v) is 11.4. The summed E-state index contributed by atoms with van der Waals surface area (Å²) in [6.07, 6.45) is 1.71. The van der Waals surface area contributed by atoms with Crippen molar-refractivity contribution in [3.8, 4) is 21.8 Å². The van der Waals surface area contributed by atoms with Gasteiger partial charge in [0.25, 0.3) is 0 Å². The standard InChI is InChI=1S/C15H12FN3S/c16-11-5-3-4-10(8-11)15-14(19-13(9-17)20-15)12-6-1-2-7-18-12/h1-8H,9,17H2. The van der Waals surface area contributed by atoms with Crippen molar-refractivity contribution in [2.24, 2.45) is 5.73 Å². The number of hydrogen-bond donors (Lipinski definition) is 1. The van der Waals surface area contributed by atoms with Crippen LogP contribution in [0.4, 0.5) is 4.39 Å². The van der Waals surface area contributed by atoms with Crippen LogP contribution in [-0.2, 0) is 6.54 Å². The maximum atomic E-state index is 13.4. The third-order valence-corrected chi connectivity index (χ3v) is 3.97. The lowest BCUT2D eigenvalue weighted by atomic mass is 10.1. The first kappa shape index (κ1) is 12.9. The molecule has 0 saturated heterocycles. The summed E-state index contributed by atoms with van der Waals surface area (Å²) in [7, 11) is 0. The molecule has 0 aliphatic carbocycles. The Morgan fingerprint density at radius 3 is 2.75 bits per heavy atom. The summed E-state index contributed by atoms with van der Waals surface area (Å²) in [5.74, 6) is -0.267. The number of pyridine rings is 1. The van der Waals surface area contributed by atoms with E-state index in [0.29, 0.717) is 6.54 Å². The van der Waals surface area contributed by atoms with Gasteiger partial charge in [0.2, 0.25) is 0 Å². The minimum atomic E-state index is -0.267. The fourth-order valence-electron chi connectivity index (χ4n) is 1.95. The van der Waals surface area contributed by atoms with E-state index < -0.39 is 0 Å². The SMILES string of the molecule is NCc1nc(-c2ccccn2)c(-c2cccc(F)c2)s1. The number of benzene rings is 1. The monoisotopic (exact) mass is 285 g/mol. The van der Waals surface area contributed by atoms with Gasteiger partial charge in [0.1, 0.15) is 16.5 Å². The van der Waals surface area contributed by atoms with Gasteiger partial charge >= 0.3 is 0 Å². The van der Waals surface area contributed by atoms with Crippen molar-refractivity contribution in [3.63, 3.8) is 0 Å². The number of halogens is 1. The van der Waals surface area contributed by atoms with Gasteiger partial charge in [0.05, 0.1) is 10.6 Å². The van der Waals surface area contributed by atoms with Gasteiger partial charge in [0, 0.05) is 12.7 Å². The maximum absolute atomic E-state index is 13.4. The van der Waals surface area contributed by atoms with Gasteiger partial charge in [-0.05, 0) is 29.8 Å². The van der Waals surface area contributed by atoms with Crippen molar-refractivity contribution < 1.29 is 4.39 Å². The largest absolute Gasteiger partial charge is 0.325 e. The molecule has 100 valence electrons. The summed E-state index contributed by atoms with van der Waals surface area (Å²) in [4.78, 5) is 9.72. The van der Waals surface area contributed by atoms with E-state index in [4.69, 9.17) is 5.73 Å². The summed E-state index contributed by atoms with van der Waals surface area (Å²) < 4.78 is 13.4. The molecule has 0 spiro atoms. The van der Waals surface area contributed by atoms with Crippen LogP contribution in [-0.4, -0.2) is 9.97 Å². The molecule has 3 nitrogen and oxygen atoms in total. The number of aromatic nitrogens is 2. The molecular formula is C15H12FN3S. The van der Waals surface area contributed by atoms with Gasteiger partial charge in [-0.3, -0.25) is 4.98 Å². The van der Waals surface area contributed by atoms with E-state index in [1.54, 1.807) is 12.3 Å². The van der Waals surface area contributed by atoms with E-state index in [1.165, 1.54) is 23.5 Å². The van der Waals surface area contributed by atoms with E-state index in [0.717, 1.165) is 26.8 Å². The Balaban J connectivity index is 2.18. The van der Waals surface area contributed by atoms with E-state index in [2.05, 4.69) is 9.97 Å². The van der Waals surface area contributed by atoms with Gasteiger partial charge in [-0.1, -0.05) is 18.2 Å². The van der Waals surface area contributed by atoms with Crippen molar-refractivity contribution in [2.45, 2.75) is 6.54 Å². The second-order valence-electron chi connectivity index (χ2n) is 4.21. The van der Waals surface area contributed by atoms with Crippen molar-refractivity contribution >= 4 is 11.3 Å². The minimum Gasteiger partial charge on any atom is -0.325 e. The highest BCUT2D eigenvalue weighted by Gasteiger charge is 2.15. The highest BCUT2D eigenvalue weighted by molar-refractivity contribution is 7.15. The summed E-state index contributed by atoms with van der Waals surface area (Å²) in [6.45, 7) is 0.361. The van der Waals surface area contributed by atoms with Crippen molar-refractivity contribution in [3.05, 3.63) is 59.5 Å². The van der Waals surface area contributed by atoms with Crippen LogP contribution in [0, 0.1) is 5.82 Å². The molecule has 0 aliphatic rings. The number of thiazole rings is 1. The first-order valence-corrected chi connectivity index (χ1v) is 6.96. The quantitative estimate of drug-likeness (QED) is 0.801. The van der Waals surface area contributed by atoms with Gasteiger partial charge in [-0.15, -0.1) is 11.3 Å². The van der Waals surface area contributed by atoms with E-state index in [-0.39, 0.29) is 5.82 Å². The van der Waals surface area contributed by atoms with Crippen LogP contribution in [0.15, 0.2) is 48.7 Å². The second kappa shape index (κ2) is 5.48. The van der Waals surface area contributed by atoms with Gasteiger partial charge in [0.15, 0.2) is 0 Å². The van der Waals surface area contributed by atoms with Crippen LogP contribution in [0.1, 0.15) is 5.01 Å². The Labute approximate surface area is 119 Å². The Hall–Kier alpha value is -2.11. The van der Waals surface area contributed by atoms with Crippen molar-refractivity contribution in [1.82, 2.24) is 9.97 Å². The Kier molecular flexibility index (Phi) is 3.54. The highest BCUT2D eigenvalue weighted by Crippen LogP contribution is 2.36. The zero-order chi connectivity index (χ0) is 13.9. The number of rotatable bonds is 3. The predicted molar refractivity (Wildman–Crippen MR) is 78.6 cm³/mol. The molecule has 5 heteroatoms. The lowest BCUT2D eigenvalue weighted by Crippen LogP contribution is -1.94. The fourth-order valence-corrected chi connectivity index (χ4v) is 2.90. The van der Waals surface area contributed by atoms with Crippen LogP contribution in [0.5, 0.6) is 0 Å². The Morgan fingerprint density at radius 1 is 1.15 bits per heavy atom. The zero-order valence-electron chi connectivity index (χ0n) is 10.6. The maximum Gasteiger partial charge on any atom is 0.123 e. The molecule has 2 heterocycles. The summed E-state index contributed by atoms with van der Waals surface area (Å²) >= 11 is 1.47. The molecule has 0 radical (unpaired) electrons. The smallest absolute Gasteiger partial charge is 0.123 e. The molecular weight excluding hydrogens is 273 g/mol. The molecule has 0 aliphatic heterocycles. The predicted octanol–water partition coefficient (Wildman–Crippen LogP) is 3.47. The first-order valence-electron chi connectivity index (χ1n) is 6.15. The molecule has 2 aromatic heterocycles. The molecule has 3 rings (SSSR count). The summed E-state index contributed by atoms with van der Waals surface area (Å²) in [5.41, 5.74) is 7.98. The van der Waals surface area contributed by atoms with Crippen molar-refractivity contribution in [2.75, 3.05) is 0 Å². The van der Waals surface area contributed by atoms with E-state index in [9.17, 15) is 4.39 Å². The molecule has 20 heavy (non-hydrogen) atoms. The average Bonchev–Trinajstić information content (AvgIpc) is 2.92. The van der Waals surface area contributed by atoms with Crippen molar-refractivity contribution in [1.29, 1.82) is 0 Å². The number of nitrogens with two attached hydrogens (primary N) is 1. The lowest BCUT2D eigenvalue weighted by molar-refractivity contribution is 0.628. The molecule has 0 fully saturated rings. The number of nitrogens with zero attached hydrogens (tertiary/aromatic N) is 2. The van der Waals surface area contributed by atoms with Crippen LogP contribution in [0.2, 0.25) is 0 Å². The molecule has 3 aromatic rings. The summed E-state index contributed by atoms with van der Waals surface area (Å²) in [6, 6.07) is 12.1. The lowest BCUT2D eigenvalue weighted by Gasteiger charge is -2.02. The topological polar surface area (TPSA) is 51.8 Å². The average molecular weight is 285 g/mol. The first-order chi connectivity index (χ1) is 9.78. The minimum absolute atomic E-state index is 0.267. The third kappa shape index (κ3) is 2.45. The number of hydrogen-bond acceptors (Lipinski definition) is 4. The molecule has 0 amide bonds.